The fourth-order valence-electron chi connectivity index (χ4n) is 10.2. The number of pyridine rings is 4. The molecule has 2 aromatic carbocycles. The van der Waals surface area contributed by atoms with Crippen LogP contribution in [0, 0.1) is 10.8 Å². The molecule has 3 aliphatic rings. The summed E-state index contributed by atoms with van der Waals surface area (Å²) in [7, 11) is 0. The van der Waals surface area contributed by atoms with Gasteiger partial charge in [-0.2, -0.15) is 0 Å². The molecule has 23 nitrogen and oxygen atoms in total. The molecule has 8 atom stereocenters. The molecular formula is C67H81LiN12O11. The number of benzene rings is 2. The number of aliphatic hydroxyl groups is 1. The fraction of sp³-hybridized carbons (Fsp3) is 0.403. The monoisotopic (exact) mass is 1240 g/mol. The predicted octanol–water partition coefficient (Wildman–Crippen LogP) is 1.86. The summed E-state index contributed by atoms with van der Waals surface area (Å²) in [4.78, 5) is 122. The van der Waals surface area contributed by atoms with Crippen molar-refractivity contribution in [2.45, 2.75) is 150 Å². The molecule has 5 bridgehead atoms. The van der Waals surface area contributed by atoms with Crippen molar-refractivity contribution in [1.29, 1.82) is 0 Å². The SMILES string of the molecule is C.C[C@@H]1NC(=O)[C@H](Cc2cccnc2)NC(=O)C(C)(C)/C=C/c2cc3cc(ccc3cn2)[C@@H](C)OC(=O)[C@@H]2CCCN(N2)C1=O.C[C@H](NC(=O)[C@H](Cc1cccnc1)NC(=O)C(C)(C)/C=C/c1cc2cc([C@@H](C)O)ccc2cn1)C(=O)N1CCC[C@@H](C(=O)[O-])N1.[Li+]. The molecule has 476 valence electrons. The van der Waals surface area contributed by atoms with Gasteiger partial charge in [0.05, 0.1) is 40.3 Å². The summed E-state index contributed by atoms with van der Waals surface area (Å²) < 4.78 is 5.82. The zero-order valence-corrected chi connectivity index (χ0v) is 52.2. The second-order valence-electron chi connectivity index (χ2n) is 23.9. The number of carbonyl (C=O) groups excluding carboxylic acids is 8. The Bertz CT molecular complexity index is 3640. The number of aliphatic hydroxyl groups excluding tert-OH is 1. The number of nitrogens with one attached hydrogen (secondary N) is 6. The Kier molecular flexibility index (Phi) is 25.0. The molecule has 24 heteroatoms. The first-order valence-electron chi connectivity index (χ1n) is 29.8. The summed E-state index contributed by atoms with van der Waals surface area (Å²) in [5.41, 5.74) is 7.91. The van der Waals surface area contributed by atoms with Crippen molar-refractivity contribution >= 4 is 81.1 Å². The molecule has 6 aromatic rings. The molecule has 6 amide bonds. The molecule has 2 saturated heterocycles. The van der Waals surface area contributed by atoms with Gasteiger partial charge in [-0.3, -0.25) is 63.5 Å². The summed E-state index contributed by atoms with van der Waals surface area (Å²) in [5.74, 6) is -4.55. The van der Waals surface area contributed by atoms with E-state index in [1.54, 1.807) is 121 Å². The molecule has 7 N–H and O–H groups in total. The minimum Gasteiger partial charge on any atom is -0.548 e. The number of cyclic esters (lactones) is 1. The van der Waals surface area contributed by atoms with Gasteiger partial charge in [0.15, 0.2) is 0 Å². The van der Waals surface area contributed by atoms with Crippen molar-refractivity contribution < 1.29 is 72.2 Å². The predicted molar refractivity (Wildman–Crippen MR) is 337 cm³/mol. The van der Waals surface area contributed by atoms with Crippen LogP contribution in [0.5, 0.6) is 0 Å². The minimum atomic E-state index is -1.30. The molecule has 0 aliphatic carbocycles. The Morgan fingerprint density at radius 3 is 2.18 bits per heavy atom. The third-order valence-electron chi connectivity index (χ3n) is 15.8. The average Bonchev–Trinajstić information content (AvgIpc) is 3.45. The van der Waals surface area contributed by atoms with Gasteiger partial charge < -0.3 is 41.0 Å². The smallest absolute Gasteiger partial charge is 0.548 e. The van der Waals surface area contributed by atoms with Crippen LogP contribution >= 0.6 is 0 Å². The molecule has 4 aromatic heterocycles. The molecule has 0 saturated carbocycles. The quantitative estimate of drug-likeness (QED) is 0.0641. The second-order valence-corrected chi connectivity index (χ2v) is 23.9. The number of hydrogen-bond donors (Lipinski definition) is 7. The number of carbonyl (C=O) groups is 8. The Morgan fingerprint density at radius 2 is 1.49 bits per heavy atom. The zero-order chi connectivity index (χ0) is 64.2. The van der Waals surface area contributed by atoms with Crippen LogP contribution in [0.2, 0.25) is 0 Å². The van der Waals surface area contributed by atoms with Crippen LogP contribution in [0.4, 0.5) is 0 Å². The Labute approximate surface area is 542 Å². The number of carboxylic acids is 1. The molecule has 3 aliphatic heterocycles. The van der Waals surface area contributed by atoms with Gasteiger partial charge in [-0.15, -0.1) is 0 Å². The van der Waals surface area contributed by atoms with Gasteiger partial charge in [0.25, 0.3) is 11.8 Å². The number of aromatic nitrogens is 4. The normalized spacial score (nSPS) is 21.0. The third-order valence-corrected chi connectivity index (χ3v) is 15.8. The number of fused-ring (bicyclic) bond motifs is 5. The molecule has 0 radical (unpaired) electrons. The summed E-state index contributed by atoms with van der Waals surface area (Å²) in [6, 6.07) is 16.6. The van der Waals surface area contributed by atoms with E-state index in [-0.39, 0.29) is 51.6 Å². The number of carboxylic acid groups (broad SMARTS) is 1. The van der Waals surface area contributed by atoms with Crippen LogP contribution in [0.1, 0.15) is 134 Å². The van der Waals surface area contributed by atoms with Crippen LogP contribution in [0.15, 0.2) is 122 Å². The van der Waals surface area contributed by atoms with E-state index in [1.807, 2.05) is 61.5 Å². The second kappa shape index (κ2) is 31.8. The number of esters is 1. The van der Waals surface area contributed by atoms with Crippen LogP contribution in [0.25, 0.3) is 33.7 Å². The number of nitrogens with zero attached hydrogens (tertiary/aromatic N) is 6. The van der Waals surface area contributed by atoms with E-state index in [4.69, 9.17) is 4.74 Å². The number of hydrogen-bond acceptors (Lipinski definition) is 17. The van der Waals surface area contributed by atoms with E-state index in [0.29, 0.717) is 49.2 Å². The number of amides is 6. The summed E-state index contributed by atoms with van der Waals surface area (Å²) >= 11 is 0. The van der Waals surface area contributed by atoms with Crippen LogP contribution in [-0.2, 0) is 55.9 Å². The van der Waals surface area contributed by atoms with Gasteiger partial charge in [-0.05, 0) is 163 Å². The Morgan fingerprint density at radius 1 is 0.824 bits per heavy atom. The van der Waals surface area contributed by atoms with Crippen molar-refractivity contribution in [1.82, 2.24) is 62.1 Å². The average molecular weight is 1240 g/mol. The van der Waals surface area contributed by atoms with E-state index in [9.17, 15) is 48.6 Å². The Balaban J connectivity index is 0.000000283. The van der Waals surface area contributed by atoms with Crippen molar-refractivity contribution in [3.8, 4) is 0 Å². The van der Waals surface area contributed by atoms with Crippen LogP contribution < -0.4 is 56.1 Å². The van der Waals surface area contributed by atoms with Crippen molar-refractivity contribution in [3.63, 3.8) is 0 Å². The van der Waals surface area contributed by atoms with Crippen molar-refractivity contribution in [3.05, 3.63) is 156 Å². The van der Waals surface area contributed by atoms with Crippen molar-refractivity contribution in [2.75, 3.05) is 13.1 Å². The number of aliphatic carboxylic acids is 1. The maximum absolute atomic E-state index is 13.6. The van der Waals surface area contributed by atoms with Gasteiger partial charge in [0, 0.05) is 73.9 Å². The summed E-state index contributed by atoms with van der Waals surface area (Å²) in [6.45, 7) is 14.2. The molecule has 91 heavy (non-hydrogen) atoms. The number of ether oxygens (including phenoxy) is 1. The molecule has 0 unspecified atom stereocenters. The summed E-state index contributed by atoms with van der Waals surface area (Å²) in [5, 5.41) is 38.6. The van der Waals surface area contributed by atoms with Gasteiger partial charge in [-0.1, -0.05) is 56.0 Å². The first-order chi connectivity index (χ1) is 42.3. The third kappa shape index (κ3) is 19.2. The number of rotatable bonds is 13. The first kappa shape index (κ1) is 71.4. The fourth-order valence-corrected chi connectivity index (χ4v) is 10.2. The van der Waals surface area contributed by atoms with Gasteiger partial charge in [0.2, 0.25) is 23.6 Å². The maximum Gasteiger partial charge on any atom is 1.00 e. The van der Waals surface area contributed by atoms with E-state index < -0.39 is 101 Å². The first-order valence-corrected chi connectivity index (χ1v) is 29.8. The Hall–Kier alpha value is -8.72. The maximum atomic E-state index is 13.6. The van der Waals surface area contributed by atoms with Crippen LogP contribution in [0.3, 0.4) is 0 Å². The van der Waals surface area contributed by atoms with Crippen LogP contribution in [-0.4, -0.2) is 132 Å². The van der Waals surface area contributed by atoms with E-state index >= 15 is 0 Å². The molecular weight excluding hydrogens is 1160 g/mol. The topological polar surface area (TPSA) is 319 Å². The molecule has 7 heterocycles. The summed E-state index contributed by atoms with van der Waals surface area (Å²) in [6.07, 6.45) is 17.9. The van der Waals surface area contributed by atoms with E-state index in [2.05, 4.69) is 52.1 Å². The van der Waals surface area contributed by atoms with Gasteiger partial charge in [0.1, 0.15) is 36.3 Å². The minimum absolute atomic E-state index is 0. The number of hydrazine groups is 2. The van der Waals surface area contributed by atoms with Crippen molar-refractivity contribution in [2.24, 2.45) is 10.8 Å². The van der Waals surface area contributed by atoms with E-state index in [1.165, 1.54) is 16.9 Å². The standard InChI is InChI=1S/C33H40N6O6.C33H38N6O5.CH4.Li/c1-20(30(42)39-14-6-8-27(38-39)31(43)44)36-29(41)28(15-22-7-5-13-34-18-22)37-32(45)33(3,4)12-11-26-17-25-16-23(21(2)40)9-10-24(25)19-35-26;1-20-30(41)39-14-6-8-27(38-39)31(42)44-21(2)23-9-10-24-19-35-26(17-25(24)16-23)11-12-33(3,4)32(43)37-28(29(40)36-20)15-22-7-5-13-34-18-22;;/h5,7,9-13,16-21,27-28,38,40H,6,8,14-15H2,1-4H3,(H,36,41)(H,37,45)(H,43,44);5,7,9-13,16-21,27-28,38H,6,8,14-15H2,1-4H3,(H,36,40)(H,37,43);1H4;/q;;;+1/p-1/b2*12-11+;;/t2*20-,21+,27-,28-;;/m00../s1. The largest absolute Gasteiger partial charge is 1.00 e. The van der Waals surface area contributed by atoms with Gasteiger partial charge in [-0.25, -0.2) is 10.9 Å². The molecule has 0 spiro atoms. The molecule has 2 fully saturated rings. The van der Waals surface area contributed by atoms with Gasteiger partial charge >= 0.3 is 24.8 Å². The molecule has 9 rings (SSSR count). The van der Waals surface area contributed by atoms with E-state index in [0.717, 1.165) is 38.2 Å². The zero-order valence-electron chi connectivity index (χ0n) is 52.2.